The molecule has 1 heterocycles. The highest BCUT2D eigenvalue weighted by Gasteiger charge is 2.33. The van der Waals surface area contributed by atoms with Crippen molar-refractivity contribution in [3.8, 4) is 0 Å². The van der Waals surface area contributed by atoms with Crippen molar-refractivity contribution in [1.29, 1.82) is 0 Å². The van der Waals surface area contributed by atoms with Gasteiger partial charge in [-0.1, -0.05) is 13.8 Å². The number of hydrogen-bond acceptors (Lipinski definition) is 4. The van der Waals surface area contributed by atoms with Crippen molar-refractivity contribution in [1.82, 2.24) is 9.71 Å². The van der Waals surface area contributed by atoms with Gasteiger partial charge in [0.1, 0.15) is 0 Å². The van der Waals surface area contributed by atoms with Crippen LogP contribution in [0.15, 0.2) is 23.4 Å². The summed E-state index contributed by atoms with van der Waals surface area (Å²) < 4.78 is 27.1. The molecule has 1 fully saturated rings. The number of carboxylic acid groups (broad SMARTS) is 1. The minimum absolute atomic E-state index is 0.0354. The van der Waals surface area contributed by atoms with Crippen LogP contribution in [0.25, 0.3) is 0 Å². The SMILES string of the molecule is CC1CCC(NS(=O)(=O)c2ccc(C(=O)O)cn2)C1C. The van der Waals surface area contributed by atoms with E-state index in [1.165, 1.54) is 12.1 Å². The fourth-order valence-corrected chi connectivity index (χ4v) is 3.75. The van der Waals surface area contributed by atoms with E-state index in [0.29, 0.717) is 5.92 Å². The van der Waals surface area contributed by atoms with Gasteiger partial charge in [0.05, 0.1) is 5.56 Å². The second-order valence-electron chi connectivity index (χ2n) is 5.33. The van der Waals surface area contributed by atoms with Crippen molar-refractivity contribution < 1.29 is 18.3 Å². The third-order valence-corrected chi connectivity index (χ3v) is 5.44. The molecule has 1 saturated carbocycles. The Morgan fingerprint density at radius 3 is 2.50 bits per heavy atom. The molecule has 1 aromatic rings. The molecule has 3 atom stereocenters. The van der Waals surface area contributed by atoms with Crippen molar-refractivity contribution in [2.75, 3.05) is 0 Å². The molecule has 0 bridgehead atoms. The van der Waals surface area contributed by atoms with Crippen LogP contribution in [-0.2, 0) is 10.0 Å². The van der Waals surface area contributed by atoms with Gasteiger partial charge in [-0.2, -0.15) is 0 Å². The van der Waals surface area contributed by atoms with Gasteiger partial charge in [0.15, 0.2) is 5.03 Å². The summed E-state index contributed by atoms with van der Waals surface area (Å²) in [4.78, 5) is 14.4. The number of nitrogens with one attached hydrogen (secondary N) is 1. The second kappa shape index (κ2) is 5.49. The molecule has 0 radical (unpaired) electrons. The van der Waals surface area contributed by atoms with Crippen LogP contribution in [0.2, 0.25) is 0 Å². The largest absolute Gasteiger partial charge is 0.478 e. The fraction of sp³-hybridized carbons (Fsp3) is 0.538. The molecule has 2 N–H and O–H groups in total. The van der Waals surface area contributed by atoms with Crippen LogP contribution in [0.3, 0.4) is 0 Å². The van der Waals surface area contributed by atoms with E-state index in [9.17, 15) is 13.2 Å². The van der Waals surface area contributed by atoms with Crippen molar-refractivity contribution in [2.45, 2.75) is 37.8 Å². The lowest BCUT2D eigenvalue weighted by atomic mass is 9.98. The van der Waals surface area contributed by atoms with E-state index in [0.717, 1.165) is 19.0 Å². The van der Waals surface area contributed by atoms with Crippen LogP contribution in [0, 0.1) is 11.8 Å². The number of carboxylic acids is 1. The number of sulfonamides is 1. The predicted molar refractivity (Wildman–Crippen MR) is 72.9 cm³/mol. The smallest absolute Gasteiger partial charge is 0.337 e. The summed E-state index contributed by atoms with van der Waals surface area (Å²) >= 11 is 0. The molecule has 0 aliphatic heterocycles. The number of aromatic carboxylic acids is 1. The van der Waals surface area contributed by atoms with Gasteiger partial charge < -0.3 is 5.11 Å². The molecular formula is C13H18N2O4S. The fourth-order valence-electron chi connectivity index (χ4n) is 2.46. The van der Waals surface area contributed by atoms with Gasteiger partial charge in [-0.15, -0.1) is 0 Å². The Kier molecular flexibility index (Phi) is 4.10. The molecule has 0 saturated heterocycles. The van der Waals surface area contributed by atoms with E-state index in [-0.39, 0.29) is 22.5 Å². The number of rotatable bonds is 4. The Morgan fingerprint density at radius 1 is 1.35 bits per heavy atom. The Balaban J connectivity index is 2.16. The van der Waals surface area contributed by atoms with Gasteiger partial charge in [0.2, 0.25) is 0 Å². The summed E-state index contributed by atoms with van der Waals surface area (Å²) in [6.07, 6.45) is 2.87. The molecule has 1 aliphatic carbocycles. The third-order valence-electron chi connectivity index (χ3n) is 4.03. The summed E-state index contributed by atoms with van der Waals surface area (Å²) in [5.74, 6) is -0.360. The first-order chi connectivity index (χ1) is 9.31. The average molecular weight is 298 g/mol. The quantitative estimate of drug-likeness (QED) is 0.878. The van der Waals surface area contributed by atoms with Gasteiger partial charge in [-0.3, -0.25) is 0 Å². The summed E-state index contributed by atoms with van der Waals surface area (Å²) in [6.45, 7) is 4.14. The molecule has 1 aromatic heterocycles. The highest BCUT2D eigenvalue weighted by atomic mass is 32.2. The van der Waals surface area contributed by atoms with Gasteiger partial charge in [0.25, 0.3) is 10.0 Å². The third kappa shape index (κ3) is 2.99. The highest BCUT2D eigenvalue weighted by Crippen LogP contribution is 2.31. The van der Waals surface area contributed by atoms with E-state index >= 15 is 0 Å². The van der Waals surface area contributed by atoms with E-state index in [2.05, 4.69) is 16.6 Å². The summed E-state index contributed by atoms with van der Waals surface area (Å²) in [5, 5.41) is 8.62. The van der Waals surface area contributed by atoms with Crippen molar-refractivity contribution in [2.24, 2.45) is 11.8 Å². The van der Waals surface area contributed by atoms with Crippen LogP contribution in [0.1, 0.15) is 37.0 Å². The summed E-state index contributed by atoms with van der Waals surface area (Å²) in [5.41, 5.74) is -0.0354. The van der Waals surface area contributed by atoms with Gasteiger partial charge in [-0.25, -0.2) is 22.9 Å². The Bertz CT molecular complexity index is 597. The Labute approximate surface area is 118 Å². The Hall–Kier alpha value is -1.47. The van der Waals surface area contributed by atoms with Gasteiger partial charge in [-0.05, 0) is 36.8 Å². The predicted octanol–water partition coefficient (Wildman–Crippen LogP) is 1.49. The van der Waals surface area contributed by atoms with Crippen LogP contribution in [-0.4, -0.2) is 30.5 Å². The van der Waals surface area contributed by atoms with E-state index < -0.39 is 16.0 Å². The maximum absolute atomic E-state index is 12.2. The highest BCUT2D eigenvalue weighted by molar-refractivity contribution is 7.89. The Morgan fingerprint density at radius 2 is 2.05 bits per heavy atom. The zero-order valence-corrected chi connectivity index (χ0v) is 12.2. The van der Waals surface area contributed by atoms with E-state index in [4.69, 9.17) is 5.11 Å². The van der Waals surface area contributed by atoms with E-state index in [1.807, 2.05) is 6.92 Å². The first kappa shape index (κ1) is 14.9. The van der Waals surface area contributed by atoms with E-state index in [1.54, 1.807) is 0 Å². The number of hydrogen-bond donors (Lipinski definition) is 2. The van der Waals surface area contributed by atoms with Crippen molar-refractivity contribution in [3.05, 3.63) is 23.9 Å². The lowest BCUT2D eigenvalue weighted by Crippen LogP contribution is -2.37. The van der Waals surface area contributed by atoms with Crippen LogP contribution in [0.4, 0.5) is 0 Å². The maximum Gasteiger partial charge on any atom is 0.337 e. The van der Waals surface area contributed by atoms with Crippen molar-refractivity contribution >= 4 is 16.0 Å². The molecule has 0 aromatic carbocycles. The number of carbonyl (C=O) groups is 1. The first-order valence-corrected chi connectivity index (χ1v) is 8.01. The maximum atomic E-state index is 12.2. The van der Waals surface area contributed by atoms with Gasteiger partial charge >= 0.3 is 5.97 Å². The molecule has 6 nitrogen and oxygen atoms in total. The molecule has 0 amide bonds. The monoisotopic (exact) mass is 298 g/mol. The lowest BCUT2D eigenvalue weighted by molar-refractivity contribution is 0.0696. The van der Waals surface area contributed by atoms with Crippen molar-refractivity contribution in [3.63, 3.8) is 0 Å². The zero-order chi connectivity index (χ0) is 14.9. The first-order valence-electron chi connectivity index (χ1n) is 6.53. The molecule has 110 valence electrons. The second-order valence-corrected chi connectivity index (χ2v) is 6.99. The van der Waals surface area contributed by atoms with Gasteiger partial charge in [0, 0.05) is 12.2 Å². The summed E-state index contributed by atoms with van der Waals surface area (Å²) in [6, 6.07) is 2.37. The van der Waals surface area contributed by atoms with Crippen LogP contribution in [0.5, 0.6) is 0 Å². The number of aromatic nitrogens is 1. The standard InChI is InChI=1S/C13H18N2O4S/c1-8-3-5-11(9(8)2)15-20(18,19)12-6-4-10(7-14-12)13(16)17/h4,6-9,11,15H,3,5H2,1-2H3,(H,16,17). The molecule has 20 heavy (non-hydrogen) atoms. The number of nitrogens with zero attached hydrogens (tertiary/aromatic N) is 1. The zero-order valence-electron chi connectivity index (χ0n) is 11.4. The molecule has 7 heteroatoms. The lowest BCUT2D eigenvalue weighted by Gasteiger charge is -2.19. The van der Waals surface area contributed by atoms with Crippen LogP contribution >= 0.6 is 0 Å². The average Bonchev–Trinajstić information content (AvgIpc) is 2.70. The molecular weight excluding hydrogens is 280 g/mol. The molecule has 3 unspecified atom stereocenters. The molecule has 1 aliphatic rings. The summed E-state index contributed by atoms with van der Waals surface area (Å²) in [7, 11) is -3.70. The minimum Gasteiger partial charge on any atom is -0.478 e. The molecule has 0 spiro atoms. The number of pyridine rings is 1. The normalized spacial score (nSPS) is 26.6. The van der Waals surface area contributed by atoms with Crippen LogP contribution < -0.4 is 4.72 Å². The minimum atomic E-state index is -3.70. The molecule has 2 rings (SSSR count). The topological polar surface area (TPSA) is 96.4 Å².